The third kappa shape index (κ3) is 4.44. The average molecular weight is 509 g/mol. The van der Waals surface area contributed by atoms with E-state index >= 15 is 0 Å². The number of nitrogens with one attached hydrogen (secondary N) is 2. The number of halogens is 5. The van der Waals surface area contributed by atoms with Gasteiger partial charge in [0.05, 0.1) is 32.7 Å². The number of alkyl halides is 3. The Morgan fingerprint density at radius 1 is 1.16 bits per heavy atom. The molecular weight excluding hydrogens is 492 g/mol. The Kier molecular flexibility index (Phi) is 5.66. The second-order valence-corrected chi connectivity index (χ2v) is 10.7. The SMILES string of the molecule is Cn1c(Nc2c(Cl)cc(C(F)(F)F)cc2Cl)nc2cnc(NC3CC(S(C)(=O)=O)C3)nc21. The maximum atomic E-state index is 12.9. The second kappa shape index (κ2) is 7.92. The summed E-state index contributed by atoms with van der Waals surface area (Å²) in [4.78, 5) is 13.0. The number of hydrogen-bond donors (Lipinski definition) is 2. The van der Waals surface area contributed by atoms with E-state index in [0.29, 0.717) is 30.0 Å². The summed E-state index contributed by atoms with van der Waals surface area (Å²) >= 11 is 12.1. The van der Waals surface area contributed by atoms with Gasteiger partial charge in [0.2, 0.25) is 11.9 Å². The zero-order chi connectivity index (χ0) is 23.4. The third-order valence-corrected chi connectivity index (χ3v) is 7.44. The lowest BCUT2D eigenvalue weighted by molar-refractivity contribution is -0.137. The van der Waals surface area contributed by atoms with Crippen molar-refractivity contribution in [3.63, 3.8) is 0 Å². The quantitative estimate of drug-likeness (QED) is 0.525. The van der Waals surface area contributed by atoms with Gasteiger partial charge in [0.15, 0.2) is 5.65 Å². The molecule has 14 heteroatoms. The number of hydrogen-bond acceptors (Lipinski definition) is 7. The summed E-state index contributed by atoms with van der Waals surface area (Å²) in [6.45, 7) is 0. The summed E-state index contributed by atoms with van der Waals surface area (Å²) in [5, 5.41) is 5.16. The molecule has 1 aromatic carbocycles. The lowest BCUT2D eigenvalue weighted by Gasteiger charge is -2.34. The number of imidazole rings is 1. The Hall–Kier alpha value is -2.31. The molecule has 0 amide bonds. The number of benzene rings is 1. The average Bonchev–Trinajstić information content (AvgIpc) is 2.94. The maximum Gasteiger partial charge on any atom is 0.416 e. The van der Waals surface area contributed by atoms with Crippen LogP contribution in [0.3, 0.4) is 0 Å². The lowest BCUT2D eigenvalue weighted by atomic mass is 9.92. The van der Waals surface area contributed by atoms with Crippen molar-refractivity contribution in [2.75, 3.05) is 16.9 Å². The van der Waals surface area contributed by atoms with Crippen molar-refractivity contribution in [1.82, 2.24) is 19.5 Å². The molecule has 8 nitrogen and oxygen atoms in total. The van der Waals surface area contributed by atoms with Gasteiger partial charge >= 0.3 is 6.18 Å². The lowest BCUT2D eigenvalue weighted by Crippen LogP contribution is -2.43. The van der Waals surface area contributed by atoms with E-state index in [9.17, 15) is 21.6 Å². The van der Waals surface area contributed by atoms with Gasteiger partial charge in [-0.1, -0.05) is 23.2 Å². The van der Waals surface area contributed by atoms with E-state index in [1.807, 2.05) is 0 Å². The molecule has 0 aliphatic heterocycles. The third-order valence-electron chi connectivity index (χ3n) is 5.25. The van der Waals surface area contributed by atoms with Crippen LogP contribution in [0.2, 0.25) is 10.0 Å². The summed E-state index contributed by atoms with van der Waals surface area (Å²) in [5.74, 6) is 0.561. The molecule has 1 aliphatic rings. The van der Waals surface area contributed by atoms with Crippen LogP contribution in [0.4, 0.5) is 30.8 Å². The molecule has 2 N–H and O–H groups in total. The minimum absolute atomic E-state index is 0.0530. The molecule has 1 saturated carbocycles. The van der Waals surface area contributed by atoms with Crippen LogP contribution in [0.5, 0.6) is 0 Å². The Balaban J connectivity index is 1.56. The number of sulfone groups is 1. The highest BCUT2D eigenvalue weighted by molar-refractivity contribution is 7.91. The van der Waals surface area contributed by atoms with Crippen molar-refractivity contribution in [2.24, 2.45) is 7.05 Å². The van der Waals surface area contributed by atoms with Gasteiger partial charge in [-0.3, -0.25) is 4.57 Å². The van der Waals surface area contributed by atoms with Crippen LogP contribution in [0, 0.1) is 0 Å². The molecule has 4 rings (SSSR count). The summed E-state index contributed by atoms with van der Waals surface area (Å²) < 4.78 is 63.5. The minimum atomic E-state index is -4.58. The predicted molar refractivity (Wildman–Crippen MR) is 116 cm³/mol. The van der Waals surface area contributed by atoms with E-state index < -0.39 is 21.6 Å². The Morgan fingerprint density at radius 2 is 1.78 bits per heavy atom. The molecule has 2 heterocycles. The van der Waals surface area contributed by atoms with Gasteiger partial charge in [-0.05, 0) is 25.0 Å². The Morgan fingerprint density at radius 3 is 2.34 bits per heavy atom. The monoisotopic (exact) mass is 508 g/mol. The fourth-order valence-electron chi connectivity index (χ4n) is 3.35. The van der Waals surface area contributed by atoms with Crippen LogP contribution in [0.15, 0.2) is 18.3 Å². The van der Waals surface area contributed by atoms with Crippen molar-refractivity contribution < 1.29 is 21.6 Å². The molecular formula is C18H17Cl2F3N6O2S. The van der Waals surface area contributed by atoms with Crippen molar-refractivity contribution in [1.29, 1.82) is 0 Å². The number of fused-ring (bicyclic) bond motifs is 1. The number of aryl methyl sites for hydroxylation is 1. The molecule has 1 aliphatic carbocycles. The first-order chi connectivity index (χ1) is 14.8. The highest BCUT2D eigenvalue weighted by Gasteiger charge is 2.36. The molecule has 0 radical (unpaired) electrons. The molecule has 0 saturated heterocycles. The molecule has 0 spiro atoms. The molecule has 32 heavy (non-hydrogen) atoms. The fourth-order valence-corrected chi connectivity index (χ4v) is 5.09. The number of aromatic nitrogens is 4. The van der Waals surface area contributed by atoms with Gasteiger partial charge in [-0.25, -0.2) is 18.4 Å². The maximum absolute atomic E-state index is 12.9. The number of nitrogens with zero attached hydrogens (tertiary/aromatic N) is 4. The van der Waals surface area contributed by atoms with Gasteiger partial charge < -0.3 is 10.6 Å². The molecule has 3 aromatic rings. The standard InChI is InChI=1S/C18H17Cl2F3N6O2S/c1-29-15-13(7-24-16(28-15)25-9-5-10(6-9)32(2,30)31)26-17(29)27-14-11(19)3-8(4-12(14)20)18(21,22)23/h3-4,7,9-10H,5-6H2,1-2H3,(H,26,27)(H,24,25,28). The summed E-state index contributed by atoms with van der Waals surface area (Å²) in [5.41, 5.74) is -0.00320. The van der Waals surface area contributed by atoms with Crippen LogP contribution >= 0.6 is 23.2 Å². The molecule has 0 unspecified atom stereocenters. The highest BCUT2D eigenvalue weighted by atomic mass is 35.5. The smallest absolute Gasteiger partial charge is 0.351 e. The topological polar surface area (TPSA) is 102 Å². The van der Waals surface area contributed by atoms with Gasteiger partial charge in [-0.15, -0.1) is 0 Å². The molecule has 2 aromatic heterocycles. The Bertz CT molecular complexity index is 1280. The summed E-state index contributed by atoms with van der Waals surface area (Å²) in [7, 11) is -1.41. The Labute approximate surface area is 191 Å². The van der Waals surface area contributed by atoms with Gasteiger partial charge in [0.1, 0.15) is 15.4 Å². The van der Waals surface area contributed by atoms with Crippen LogP contribution in [0.1, 0.15) is 18.4 Å². The van der Waals surface area contributed by atoms with Gasteiger partial charge in [-0.2, -0.15) is 18.2 Å². The van der Waals surface area contributed by atoms with Crippen molar-refractivity contribution >= 4 is 61.8 Å². The normalized spacial score (nSPS) is 19.1. The van der Waals surface area contributed by atoms with Crippen LogP contribution in [-0.2, 0) is 23.1 Å². The fraction of sp³-hybridized carbons (Fsp3) is 0.389. The zero-order valence-corrected chi connectivity index (χ0v) is 19.0. The summed E-state index contributed by atoms with van der Waals surface area (Å²) in [6, 6.07) is 1.51. The second-order valence-electron chi connectivity index (χ2n) is 7.60. The largest absolute Gasteiger partial charge is 0.416 e. The van der Waals surface area contributed by atoms with Crippen LogP contribution in [0.25, 0.3) is 11.2 Å². The van der Waals surface area contributed by atoms with Crippen molar-refractivity contribution in [3.8, 4) is 0 Å². The molecule has 0 atom stereocenters. The minimum Gasteiger partial charge on any atom is -0.351 e. The first-order valence-corrected chi connectivity index (χ1v) is 12.0. The molecule has 172 valence electrons. The summed E-state index contributed by atoms with van der Waals surface area (Å²) in [6.07, 6.45) is -0.925. The molecule has 1 fully saturated rings. The number of rotatable bonds is 5. The van der Waals surface area contributed by atoms with E-state index in [0.717, 1.165) is 12.1 Å². The zero-order valence-electron chi connectivity index (χ0n) is 16.7. The van der Waals surface area contributed by atoms with Crippen LogP contribution in [-0.4, -0.2) is 45.5 Å². The van der Waals surface area contributed by atoms with Crippen molar-refractivity contribution in [3.05, 3.63) is 33.9 Å². The van der Waals surface area contributed by atoms with E-state index in [2.05, 4.69) is 25.6 Å². The number of anilines is 3. The van der Waals surface area contributed by atoms with E-state index in [1.165, 1.54) is 12.5 Å². The highest BCUT2D eigenvalue weighted by Crippen LogP contribution is 2.39. The van der Waals surface area contributed by atoms with Gasteiger partial charge in [0.25, 0.3) is 0 Å². The first kappa shape index (κ1) is 22.9. The predicted octanol–water partition coefficient (Wildman–Crippen LogP) is 4.42. The van der Waals surface area contributed by atoms with Crippen LogP contribution < -0.4 is 10.6 Å². The first-order valence-electron chi connectivity index (χ1n) is 9.31. The van der Waals surface area contributed by atoms with Gasteiger partial charge in [0, 0.05) is 19.3 Å². The van der Waals surface area contributed by atoms with Crippen molar-refractivity contribution in [2.45, 2.75) is 30.3 Å². The van der Waals surface area contributed by atoms with E-state index in [-0.39, 0.29) is 33.0 Å². The van der Waals surface area contributed by atoms with E-state index in [4.69, 9.17) is 23.2 Å². The van der Waals surface area contributed by atoms with E-state index in [1.54, 1.807) is 11.6 Å². The molecule has 0 bridgehead atoms.